The molecule has 2 atom stereocenters. The zero-order chi connectivity index (χ0) is 13.0. The van der Waals surface area contributed by atoms with Gasteiger partial charge in [0, 0.05) is 12.6 Å². The molecule has 4 heteroatoms. The molecule has 0 aromatic carbocycles. The summed E-state index contributed by atoms with van der Waals surface area (Å²) in [4.78, 5) is 12.1. The Morgan fingerprint density at radius 2 is 2.06 bits per heavy atom. The fraction of sp³-hybridized carbons (Fsp3) is 0.929. The van der Waals surface area contributed by atoms with Gasteiger partial charge in [0.2, 0.25) is 5.91 Å². The minimum absolute atomic E-state index is 0.00764. The lowest BCUT2D eigenvalue weighted by atomic mass is 9.84. The summed E-state index contributed by atoms with van der Waals surface area (Å²) < 4.78 is 5.73. The molecule has 0 saturated heterocycles. The molecule has 0 aliphatic heterocycles. The topological polar surface area (TPSA) is 64.3 Å². The fourth-order valence-electron chi connectivity index (χ4n) is 3.12. The maximum Gasteiger partial charge on any atom is 0.227 e. The van der Waals surface area contributed by atoms with Gasteiger partial charge >= 0.3 is 0 Å². The lowest BCUT2D eigenvalue weighted by Gasteiger charge is -2.27. The lowest BCUT2D eigenvalue weighted by Crippen LogP contribution is -2.48. The molecule has 1 amide bonds. The summed E-state index contributed by atoms with van der Waals surface area (Å²) in [6.45, 7) is 3.22. The van der Waals surface area contributed by atoms with Gasteiger partial charge < -0.3 is 15.8 Å². The molecule has 0 spiro atoms. The van der Waals surface area contributed by atoms with E-state index in [2.05, 4.69) is 5.32 Å². The van der Waals surface area contributed by atoms with Gasteiger partial charge in [0.1, 0.15) is 0 Å². The minimum Gasteiger partial charge on any atom is -0.376 e. The third-order valence-electron chi connectivity index (χ3n) is 4.59. The summed E-state index contributed by atoms with van der Waals surface area (Å²) in [6.07, 6.45) is 8.27. The standard InChI is InChI=1S/C14H26N2O2/c1-14(8-4-7-12(14)15)13(17)16-9-10-18-11-5-2-3-6-11/h11-12H,2-10,15H2,1H3,(H,16,17). The highest BCUT2D eigenvalue weighted by Gasteiger charge is 2.42. The molecule has 2 unspecified atom stereocenters. The summed E-state index contributed by atoms with van der Waals surface area (Å²) in [5, 5.41) is 2.98. The van der Waals surface area contributed by atoms with Gasteiger partial charge in [0.25, 0.3) is 0 Å². The van der Waals surface area contributed by atoms with E-state index in [1.54, 1.807) is 0 Å². The van der Waals surface area contributed by atoms with E-state index in [9.17, 15) is 4.79 Å². The number of amides is 1. The summed E-state index contributed by atoms with van der Waals surface area (Å²) >= 11 is 0. The van der Waals surface area contributed by atoms with Crippen LogP contribution in [0.3, 0.4) is 0 Å². The number of nitrogens with two attached hydrogens (primary N) is 1. The Morgan fingerprint density at radius 1 is 1.33 bits per heavy atom. The van der Waals surface area contributed by atoms with Crippen LogP contribution in [0.5, 0.6) is 0 Å². The summed E-state index contributed by atoms with van der Waals surface area (Å²) in [5.74, 6) is 0.0996. The van der Waals surface area contributed by atoms with Crippen molar-refractivity contribution in [1.82, 2.24) is 5.32 Å². The van der Waals surface area contributed by atoms with Crippen molar-refractivity contribution in [3.8, 4) is 0 Å². The molecule has 0 aromatic rings. The SMILES string of the molecule is CC1(C(=O)NCCOC2CCCC2)CCCC1N. The van der Waals surface area contributed by atoms with Crippen molar-refractivity contribution >= 4 is 5.91 Å². The van der Waals surface area contributed by atoms with Crippen molar-refractivity contribution in [1.29, 1.82) is 0 Å². The van der Waals surface area contributed by atoms with Gasteiger partial charge in [-0.1, -0.05) is 19.3 Å². The van der Waals surface area contributed by atoms with Gasteiger partial charge in [0.15, 0.2) is 0 Å². The fourth-order valence-corrected chi connectivity index (χ4v) is 3.12. The summed E-state index contributed by atoms with van der Waals surface area (Å²) in [7, 11) is 0. The van der Waals surface area contributed by atoms with Crippen LogP contribution in [0.25, 0.3) is 0 Å². The zero-order valence-electron chi connectivity index (χ0n) is 11.4. The van der Waals surface area contributed by atoms with Gasteiger partial charge in [-0.15, -0.1) is 0 Å². The van der Waals surface area contributed by atoms with Crippen LogP contribution < -0.4 is 11.1 Å². The Bertz CT molecular complexity index is 290. The second-order valence-corrected chi connectivity index (χ2v) is 5.95. The molecule has 2 fully saturated rings. The number of hydrogen-bond donors (Lipinski definition) is 2. The van der Waals surface area contributed by atoms with E-state index in [0.29, 0.717) is 19.3 Å². The third-order valence-corrected chi connectivity index (χ3v) is 4.59. The molecule has 0 heterocycles. The van der Waals surface area contributed by atoms with Crippen LogP contribution in [0.4, 0.5) is 0 Å². The molecule has 2 saturated carbocycles. The van der Waals surface area contributed by atoms with Gasteiger partial charge in [-0.2, -0.15) is 0 Å². The van der Waals surface area contributed by atoms with Crippen molar-refractivity contribution in [2.24, 2.45) is 11.1 Å². The Kier molecular flexibility index (Phi) is 4.62. The highest BCUT2D eigenvalue weighted by atomic mass is 16.5. The number of ether oxygens (including phenoxy) is 1. The van der Waals surface area contributed by atoms with Crippen molar-refractivity contribution in [3.05, 3.63) is 0 Å². The van der Waals surface area contributed by atoms with Crippen LogP contribution >= 0.6 is 0 Å². The molecule has 104 valence electrons. The third kappa shape index (κ3) is 3.04. The molecule has 3 N–H and O–H groups in total. The molecule has 0 bridgehead atoms. The van der Waals surface area contributed by atoms with Crippen molar-refractivity contribution in [2.45, 2.75) is 64.0 Å². The number of carbonyl (C=O) groups is 1. The first-order valence-electron chi connectivity index (χ1n) is 7.28. The molecule has 4 nitrogen and oxygen atoms in total. The van der Waals surface area contributed by atoms with Gasteiger partial charge in [0.05, 0.1) is 18.1 Å². The Labute approximate surface area is 110 Å². The van der Waals surface area contributed by atoms with Crippen LogP contribution in [0.2, 0.25) is 0 Å². The normalized spacial score (nSPS) is 32.9. The smallest absolute Gasteiger partial charge is 0.227 e. The summed E-state index contributed by atoms with van der Waals surface area (Å²) in [5.41, 5.74) is 5.66. The first kappa shape index (κ1) is 13.8. The maximum atomic E-state index is 12.1. The van der Waals surface area contributed by atoms with E-state index < -0.39 is 0 Å². The molecule has 18 heavy (non-hydrogen) atoms. The molecule has 0 radical (unpaired) electrons. The predicted molar refractivity (Wildman–Crippen MR) is 71.2 cm³/mol. The first-order chi connectivity index (χ1) is 8.63. The minimum atomic E-state index is -0.368. The van der Waals surface area contributed by atoms with E-state index >= 15 is 0 Å². The zero-order valence-corrected chi connectivity index (χ0v) is 11.4. The van der Waals surface area contributed by atoms with Crippen molar-refractivity contribution < 1.29 is 9.53 Å². The quantitative estimate of drug-likeness (QED) is 0.732. The van der Waals surface area contributed by atoms with Crippen molar-refractivity contribution in [2.75, 3.05) is 13.2 Å². The maximum absolute atomic E-state index is 12.1. The number of rotatable bonds is 5. The number of hydrogen-bond acceptors (Lipinski definition) is 3. The van der Waals surface area contributed by atoms with Crippen molar-refractivity contribution in [3.63, 3.8) is 0 Å². The number of nitrogens with one attached hydrogen (secondary N) is 1. The van der Waals surface area contributed by atoms with Crippen LogP contribution in [0.15, 0.2) is 0 Å². The van der Waals surface area contributed by atoms with E-state index in [0.717, 1.165) is 19.3 Å². The Hall–Kier alpha value is -0.610. The van der Waals surface area contributed by atoms with Gasteiger partial charge in [-0.25, -0.2) is 0 Å². The molecular weight excluding hydrogens is 228 g/mol. The van der Waals surface area contributed by atoms with E-state index in [1.165, 1.54) is 25.7 Å². The molecule has 2 aliphatic carbocycles. The molecular formula is C14H26N2O2. The predicted octanol–water partition coefficient (Wildman–Crippen LogP) is 1.58. The molecule has 2 aliphatic rings. The molecule has 2 rings (SSSR count). The number of carbonyl (C=O) groups excluding carboxylic acids is 1. The second-order valence-electron chi connectivity index (χ2n) is 5.95. The Morgan fingerprint density at radius 3 is 2.67 bits per heavy atom. The highest BCUT2D eigenvalue weighted by Crippen LogP contribution is 2.36. The van der Waals surface area contributed by atoms with Crippen LogP contribution in [-0.4, -0.2) is 31.2 Å². The van der Waals surface area contributed by atoms with Gasteiger partial charge in [-0.05, 0) is 32.6 Å². The first-order valence-corrected chi connectivity index (χ1v) is 7.28. The van der Waals surface area contributed by atoms with Crippen LogP contribution in [-0.2, 0) is 9.53 Å². The van der Waals surface area contributed by atoms with E-state index in [1.807, 2.05) is 6.92 Å². The average Bonchev–Trinajstić information content (AvgIpc) is 2.97. The monoisotopic (exact) mass is 254 g/mol. The van der Waals surface area contributed by atoms with Gasteiger partial charge in [-0.3, -0.25) is 4.79 Å². The summed E-state index contributed by atoms with van der Waals surface area (Å²) in [6, 6.07) is 0.00764. The second kappa shape index (κ2) is 6.02. The Balaban J connectivity index is 1.65. The van der Waals surface area contributed by atoms with Crippen LogP contribution in [0, 0.1) is 5.41 Å². The van der Waals surface area contributed by atoms with E-state index in [4.69, 9.17) is 10.5 Å². The largest absolute Gasteiger partial charge is 0.376 e. The van der Waals surface area contributed by atoms with Crippen LogP contribution in [0.1, 0.15) is 51.9 Å². The van der Waals surface area contributed by atoms with E-state index in [-0.39, 0.29) is 17.4 Å². The lowest BCUT2D eigenvalue weighted by molar-refractivity contribution is -0.130. The highest BCUT2D eigenvalue weighted by molar-refractivity contribution is 5.83. The average molecular weight is 254 g/mol. The molecule has 0 aromatic heterocycles.